The molecule has 4 saturated carbocycles. The molecule has 0 aliphatic heterocycles. The van der Waals surface area contributed by atoms with Crippen molar-refractivity contribution >= 4 is 11.9 Å². The molecule has 158 valence electrons. The van der Waals surface area contributed by atoms with E-state index in [9.17, 15) is 9.90 Å². The standard InChI is InChI=1S/C25H36N2O2/c1-15-17(14-27(4)26-15)11-16-12-22-20-6-5-18-13-19(28)7-9-24(18,2)21(20)8-10-25(22,3)23(16)29/h11,14,18-22,28H,5-10,12-13H2,1-4H3/b16-11-/t18-,19+,20+,21-,22-,24-,25-/m0/s1. The highest BCUT2D eigenvalue weighted by Gasteiger charge is 2.61. The molecular formula is C25H36N2O2. The van der Waals surface area contributed by atoms with Crippen LogP contribution in [-0.2, 0) is 11.8 Å². The van der Waals surface area contributed by atoms with E-state index < -0.39 is 0 Å². The van der Waals surface area contributed by atoms with E-state index in [2.05, 4.69) is 25.0 Å². The minimum absolute atomic E-state index is 0.0937. The first kappa shape index (κ1) is 19.5. The number of aryl methyl sites for hydroxylation is 2. The van der Waals surface area contributed by atoms with E-state index in [1.807, 2.05) is 24.9 Å². The third-order valence-electron chi connectivity index (χ3n) is 9.66. The van der Waals surface area contributed by atoms with Crippen molar-refractivity contribution in [1.82, 2.24) is 9.78 Å². The number of aromatic nitrogens is 2. The number of ketones is 1. The molecule has 7 atom stereocenters. The molecular weight excluding hydrogens is 360 g/mol. The SMILES string of the molecule is Cc1nn(C)cc1/C=C1/C[C@H]2[C@@H]3CC[C@H]4C[C@H](O)CC[C@]4(C)[C@H]3CC[C@]2(C)C1=O. The first-order valence-corrected chi connectivity index (χ1v) is 11.7. The minimum Gasteiger partial charge on any atom is -0.393 e. The first-order chi connectivity index (χ1) is 13.7. The zero-order valence-electron chi connectivity index (χ0n) is 18.4. The maximum atomic E-state index is 13.5. The molecule has 1 aromatic rings. The Morgan fingerprint density at radius 1 is 1.17 bits per heavy atom. The van der Waals surface area contributed by atoms with Crippen LogP contribution in [0.15, 0.2) is 11.8 Å². The van der Waals surface area contributed by atoms with Crippen molar-refractivity contribution in [2.45, 2.75) is 78.2 Å². The summed E-state index contributed by atoms with van der Waals surface area (Å²) >= 11 is 0. The van der Waals surface area contributed by atoms with Crippen LogP contribution in [0.5, 0.6) is 0 Å². The number of hydrogen-bond acceptors (Lipinski definition) is 3. The van der Waals surface area contributed by atoms with Gasteiger partial charge in [-0.05, 0) is 99.0 Å². The Morgan fingerprint density at radius 3 is 2.69 bits per heavy atom. The van der Waals surface area contributed by atoms with Gasteiger partial charge < -0.3 is 5.11 Å². The maximum Gasteiger partial charge on any atom is 0.165 e. The second-order valence-corrected chi connectivity index (χ2v) is 11.1. The number of aliphatic hydroxyl groups is 1. The Bertz CT molecular complexity index is 870. The third kappa shape index (κ3) is 2.81. The van der Waals surface area contributed by atoms with E-state index in [4.69, 9.17) is 0 Å². The monoisotopic (exact) mass is 396 g/mol. The van der Waals surface area contributed by atoms with Crippen molar-refractivity contribution in [2.75, 3.05) is 0 Å². The Hall–Kier alpha value is -1.42. The lowest BCUT2D eigenvalue weighted by Gasteiger charge is -2.59. The Balaban J connectivity index is 1.46. The first-order valence-electron chi connectivity index (χ1n) is 11.7. The van der Waals surface area contributed by atoms with Crippen molar-refractivity contribution < 1.29 is 9.90 Å². The molecule has 4 aliphatic carbocycles. The molecule has 1 heterocycles. The summed E-state index contributed by atoms with van der Waals surface area (Å²) in [5, 5.41) is 14.7. The summed E-state index contributed by atoms with van der Waals surface area (Å²) in [6, 6.07) is 0. The highest BCUT2D eigenvalue weighted by atomic mass is 16.3. The maximum absolute atomic E-state index is 13.5. The van der Waals surface area contributed by atoms with Crippen molar-refractivity contribution in [2.24, 2.45) is 41.5 Å². The van der Waals surface area contributed by atoms with Crippen LogP contribution in [0.3, 0.4) is 0 Å². The Kier molecular flexibility index (Phi) is 4.40. The molecule has 1 N–H and O–H groups in total. The van der Waals surface area contributed by atoms with Crippen LogP contribution >= 0.6 is 0 Å². The van der Waals surface area contributed by atoms with Gasteiger partial charge in [-0.25, -0.2) is 0 Å². The smallest absolute Gasteiger partial charge is 0.165 e. The zero-order valence-corrected chi connectivity index (χ0v) is 18.4. The molecule has 4 heteroatoms. The van der Waals surface area contributed by atoms with E-state index in [-0.39, 0.29) is 11.5 Å². The van der Waals surface area contributed by atoms with Crippen LogP contribution in [0.4, 0.5) is 0 Å². The zero-order chi connectivity index (χ0) is 20.6. The van der Waals surface area contributed by atoms with Crippen LogP contribution < -0.4 is 0 Å². The predicted octanol–water partition coefficient (Wildman–Crippen LogP) is 4.69. The highest BCUT2D eigenvalue weighted by molar-refractivity contribution is 6.06. The van der Waals surface area contributed by atoms with Crippen LogP contribution in [-0.4, -0.2) is 26.8 Å². The lowest BCUT2D eigenvalue weighted by atomic mass is 9.45. The largest absolute Gasteiger partial charge is 0.393 e. The number of fused-ring (bicyclic) bond motifs is 5. The van der Waals surface area contributed by atoms with E-state index in [0.29, 0.717) is 29.0 Å². The Morgan fingerprint density at radius 2 is 1.97 bits per heavy atom. The topological polar surface area (TPSA) is 55.1 Å². The van der Waals surface area contributed by atoms with E-state index >= 15 is 0 Å². The molecule has 4 fully saturated rings. The number of hydrogen-bond donors (Lipinski definition) is 1. The van der Waals surface area contributed by atoms with Crippen LogP contribution in [0.25, 0.3) is 6.08 Å². The molecule has 0 radical (unpaired) electrons. The van der Waals surface area contributed by atoms with Gasteiger partial charge in [0, 0.05) is 24.2 Å². The second-order valence-electron chi connectivity index (χ2n) is 11.1. The van der Waals surface area contributed by atoms with Gasteiger partial charge in [0.25, 0.3) is 0 Å². The summed E-state index contributed by atoms with van der Waals surface area (Å²) in [7, 11) is 1.94. The van der Waals surface area contributed by atoms with Gasteiger partial charge in [0.15, 0.2) is 5.78 Å². The minimum atomic E-state index is -0.180. The molecule has 4 nitrogen and oxygen atoms in total. The van der Waals surface area contributed by atoms with E-state index in [0.717, 1.165) is 54.9 Å². The number of carbonyl (C=O) groups is 1. The van der Waals surface area contributed by atoms with Gasteiger partial charge in [0.2, 0.25) is 0 Å². The summed E-state index contributed by atoms with van der Waals surface area (Å²) in [6.07, 6.45) is 12.8. The summed E-state index contributed by atoms with van der Waals surface area (Å²) < 4.78 is 1.84. The molecule has 29 heavy (non-hydrogen) atoms. The number of rotatable bonds is 1. The van der Waals surface area contributed by atoms with Gasteiger partial charge in [0.1, 0.15) is 0 Å². The molecule has 0 spiro atoms. The molecule has 0 amide bonds. The van der Waals surface area contributed by atoms with Gasteiger partial charge in [-0.15, -0.1) is 0 Å². The molecule has 1 aromatic heterocycles. The highest BCUT2D eigenvalue weighted by Crippen LogP contribution is 2.66. The van der Waals surface area contributed by atoms with Crippen LogP contribution in [0.1, 0.15) is 76.5 Å². The number of carbonyl (C=O) groups excluding carboxylic acids is 1. The van der Waals surface area contributed by atoms with Gasteiger partial charge in [-0.1, -0.05) is 13.8 Å². The second kappa shape index (κ2) is 6.54. The summed E-state index contributed by atoms with van der Waals surface area (Å²) in [4.78, 5) is 13.5. The molecule has 0 aromatic carbocycles. The van der Waals surface area contributed by atoms with Crippen LogP contribution in [0.2, 0.25) is 0 Å². The fraction of sp³-hybridized carbons (Fsp3) is 0.760. The molecule has 0 bridgehead atoms. The van der Waals surface area contributed by atoms with Gasteiger partial charge in [-0.3, -0.25) is 9.48 Å². The van der Waals surface area contributed by atoms with Crippen molar-refractivity contribution in [3.05, 3.63) is 23.0 Å². The van der Waals surface area contributed by atoms with Gasteiger partial charge in [-0.2, -0.15) is 5.10 Å². The fourth-order valence-corrected chi connectivity index (χ4v) is 7.98. The van der Waals surface area contributed by atoms with Gasteiger partial charge >= 0.3 is 0 Å². The summed E-state index contributed by atoms with van der Waals surface area (Å²) in [5.74, 6) is 2.94. The van der Waals surface area contributed by atoms with Gasteiger partial charge in [0.05, 0.1) is 11.8 Å². The fourth-order valence-electron chi connectivity index (χ4n) is 7.98. The lowest BCUT2D eigenvalue weighted by Crippen LogP contribution is -2.54. The van der Waals surface area contributed by atoms with Crippen LogP contribution in [0, 0.1) is 41.4 Å². The van der Waals surface area contributed by atoms with E-state index in [1.165, 1.54) is 19.3 Å². The van der Waals surface area contributed by atoms with Crippen molar-refractivity contribution in [1.29, 1.82) is 0 Å². The predicted molar refractivity (Wildman–Crippen MR) is 114 cm³/mol. The lowest BCUT2D eigenvalue weighted by molar-refractivity contribution is -0.141. The normalized spacial score (nSPS) is 45.8. The number of nitrogens with zero attached hydrogens (tertiary/aromatic N) is 2. The molecule has 0 saturated heterocycles. The summed E-state index contributed by atoms with van der Waals surface area (Å²) in [6.45, 7) is 6.79. The average molecular weight is 397 g/mol. The summed E-state index contributed by atoms with van der Waals surface area (Å²) in [5.41, 5.74) is 3.30. The third-order valence-corrected chi connectivity index (χ3v) is 9.66. The molecule has 0 unspecified atom stereocenters. The average Bonchev–Trinajstić information content (AvgIpc) is 3.12. The quantitative estimate of drug-likeness (QED) is 0.701. The number of allylic oxidation sites excluding steroid dienone is 1. The number of aliphatic hydroxyl groups excluding tert-OH is 1. The van der Waals surface area contributed by atoms with E-state index in [1.54, 1.807) is 0 Å². The Labute approximate surface area is 174 Å². The number of Topliss-reactive ketones (excluding diaryl/α,β-unsaturated/α-hetero) is 1. The van der Waals surface area contributed by atoms with Crippen molar-refractivity contribution in [3.63, 3.8) is 0 Å². The molecule has 4 aliphatic rings. The molecule has 5 rings (SSSR count). The van der Waals surface area contributed by atoms with Crippen molar-refractivity contribution in [3.8, 4) is 0 Å².